The smallest absolute Gasteiger partial charge is 0.323 e. The second-order valence-corrected chi connectivity index (χ2v) is 5.39. The van der Waals surface area contributed by atoms with E-state index < -0.39 is 6.04 Å². The number of hydrogen-bond donors (Lipinski definition) is 2. The van der Waals surface area contributed by atoms with E-state index in [1.165, 1.54) is 6.42 Å². The number of imidazole rings is 1. The number of H-pyrrole nitrogens is 1. The number of nitrogens with one attached hydrogen (secondary N) is 1. The number of nitrogens with zero attached hydrogens (tertiary/aromatic N) is 1. The van der Waals surface area contributed by atoms with Gasteiger partial charge in [-0.1, -0.05) is 19.8 Å². The standard InChI is InChI=1S/C14H23N3O2/c1-2-10-4-3-5-12(6-10)19-14(18)13(15)7-11-8-16-9-17-11/h8-10,12-13H,2-7,15H2,1H3,(H,16,17)/t10?,12?,13-/m0/s1. The Hall–Kier alpha value is -1.36. The number of aromatic amines is 1. The Bertz CT molecular complexity index is 391. The van der Waals surface area contributed by atoms with E-state index in [0.717, 1.165) is 31.4 Å². The Balaban J connectivity index is 1.79. The number of aromatic nitrogens is 2. The molecule has 0 radical (unpaired) electrons. The minimum Gasteiger partial charge on any atom is -0.461 e. The maximum atomic E-state index is 12.0. The first-order chi connectivity index (χ1) is 9.19. The molecule has 19 heavy (non-hydrogen) atoms. The fraction of sp³-hybridized carbons (Fsp3) is 0.714. The summed E-state index contributed by atoms with van der Waals surface area (Å²) in [6.07, 6.45) is 9.28. The van der Waals surface area contributed by atoms with Crippen LogP contribution in [0.4, 0.5) is 0 Å². The van der Waals surface area contributed by atoms with E-state index in [9.17, 15) is 4.79 Å². The lowest BCUT2D eigenvalue weighted by Gasteiger charge is -2.28. The summed E-state index contributed by atoms with van der Waals surface area (Å²) in [6, 6.07) is -0.609. The van der Waals surface area contributed by atoms with E-state index in [4.69, 9.17) is 10.5 Å². The molecule has 1 aromatic rings. The van der Waals surface area contributed by atoms with Gasteiger partial charge in [0.05, 0.1) is 6.33 Å². The molecule has 1 aliphatic rings. The van der Waals surface area contributed by atoms with Gasteiger partial charge in [-0.05, 0) is 25.2 Å². The van der Waals surface area contributed by atoms with Crippen molar-refractivity contribution in [2.24, 2.45) is 11.7 Å². The van der Waals surface area contributed by atoms with Gasteiger partial charge in [-0.3, -0.25) is 4.79 Å². The molecule has 0 saturated heterocycles. The summed E-state index contributed by atoms with van der Waals surface area (Å²) in [5, 5.41) is 0. The lowest BCUT2D eigenvalue weighted by molar-refractivity contribution is -0.152. The average molecular weight is 265 g/mol. The highest BCUT2D eigenvalue weighted by atomic mass is 16.5. The topological polar surface area (TPSA) is 81.0 Å². The van der Waals surface area contributed by atoms with Crippen molar-refractivity contribution in [3.8, 4) is 0 Å². The number of carbonyl (C=O) groups is 1. The summed E-state index contributed by atoms with van der Waals surface area (Å²) in [4.78, 5) is 18.8. The first-order valence-corrected chi connectivity index (χ1v) is 7.12. The molecular formula is C14H23N3O2. The van der Waals surface area contributed by atoms with Gasteiger partial charge in [0.1, 0.15) is 12.1 Å². The minimum atomic E-state index is -0.609. The number of hydrogen-bond acceptors (Lipinski definition) is 4. The first-order valence-electron chi connectivity index (χ1n) is 7.12. The zero-order valence-electron chi connectivity index (χ0n) is 11.5. The SMILES string of the molecule is CCC1CCCC(OC(=O)[C@@H](N)Cc2cnc[nH]2)C1. The van der Waals surface area contributed by atoms with Crippen molar-refractivity contribution in [3.05, 3.63) is 18.2 Å². The number of esters is 1. The van der Waals surface area contributed by atoms with Crippen LogP contribution in [0.2, 0.25) is 0 Å². The third kappa shape index (κ3) is 4.06. The minimum absolute atomic E-state index is 0.0546. The molecule has 3 N–H and O–H groups in total. The molecule has 0 aromatic carbocycles. The molecular weight excluding hydrogens is 242 g/mol. The van der Waals surface area contributed by atoms with E-state index >= 15 is 0 Å². The lowest BCUT2D eigenvalue weighted by atomic mass is 9.85. The van der Waals surface area contributed by atoms with Gasteiger partial charge in [-0.15, -0.1) is 0 Å². The number of carbonyl (C=O) groups excluding carboxylic acids is 1. The molecule has 0 amide bonds. The molecule has 1 fully saturated rings. The van der Waals surface area contributed by atoms with Crippen molar-refractivity contribution in [2.75, 3.05) is 0 Å². The van der Waals surface area contributed by atoms with Crippen LogP contribution in [0.5, 0.6) is 0 Å². The molecule has 1 heterocycles. The first kappa shape index (κ1) is 14.1. The summed E-state index contributed by atoms with van der Waals surface area (Å²) in [7, 11) is 0. The third-order valence-electron chi connectivity index (χ3n) is 3.89. The van der Waals surface area contributed by atoms with Crippen LogP contribution in [-0.4, -0.2) is 28.1 Å². The fourth-order valence-electron chi connectivity index (χ4n) is 2.69. The van der Waals surface area contributed by atoms with E-state index in [0.29, 0.717) is 12.3 Å². The molecule has 1 saturated carbocycles. The van der Waals surface area contributed by atoms with Crippen molar-refractivity contribution >= 4 is 5.97 Å². The summed E-state index contributed by atoms with van der Waals surface area (Å²) in [6.45, 7) is 2.19. The number of rotatable bonds is 5. The average Bonchev–Trinajstić information content (AvgIpc) is 2.91. The Morgan fingerprint density at radius 2 is 2.47 bits per heavy atom. The van der Waals surface area contributed by atoms with E-state index in [1.54, 1.807) is 12.5 Å². The van der Waals surface area contributed by atoms with Gasteiger partial charge in [-0.25, -0.2) is 4.98 Å². The van der Waals surface area contributed by atoms with Crippen LogP contribution in [0.3, 0.4) is 0 Å². The van der Waals surface area contributed by atoms with Gasteiger partial charge < -0.3 is 15.5 Å². The second kappa shape index (κ2) is 6.70. The third-order valence-corrected chi connectivity index (χ3v) is 3.89. The molecule has 3 atom stereocenters. The summed E-state index contributed by atoms with van der Waals surface area (Å²) in [5.41, 5.74) is 6.73. The molecule has 5 nitrogen and oxygen atoms in total. The Labute approximate surface area is 113 Å². The summed E-state index contributed by atoms with van der Waals surface area (Å²) < 4.78 is 5.54. The molecule has 1 aromatic heterocycles. The highest BCUT2D eigenvalue weighted by molar-refractivity contribution is 5.76. The molecule has 0 bridgehead atoms. The van der Waals surface area contributed by atoms with Crippen LogP contribution >= 0.6 is 0 Å². The quantitative estimate of drug-likeness (QED) is 0.795. The number of nitrogens with two attached hydrogens (primary N) is 1. The highest BCUT2D eigenvalue weighted by Gasteiger charge is 2.26. The monoisotopic (exact) mass is 265 g/mol. The maximum absolute atomic E-state index is 12.0. The maximum Gasteiger partial charge on any atom is 0.323 e. The van der Waals surface area contributed by atoms with Gasteiger partial charge in [0.15, 0.2) is 0 Å². The number of ether oxygens (including phenoxy) is 1. The fourth-order valence-corrected chi connectivity index (χ4v) is 2.69. The molecule has 5 heteroatoms. The van der Waals surface area contributed by atoms with Crippen molar-refractivity contribution in [2.45, 2.75) is 57.6 Å². The van der Waals surface area contributed by atoms with Crippen LogP contribution < -0.4 is 5.73 Å². The van der Waals surface area contributed by atoms with Crippen LogP contribution in [0.25, 0.3) is 0 Å². The Morgan fingerprint density at radius 3 is 3.16 bits per heavy atom. The Kier molecular flexibility index (Phi) is 4.96. The van der Waals surface area contributed by atoms with Gasteiger partial charge in [0, 0.05) is 18.3 Å². The lowest BCUT2D eigenvalue weighted by Crippen LogP contribution is -2.38. The highest BCUT2D eigenvalue weighted by Crippen LogP contribution is 2.28. The largest absolute Gasteiger partial charge is 0.461 e. The van der Waals surface area contributed by atoms with E-state index in [-0.39, 0.29) is 12.1 Å². The summed E-state index contributed by atoms with van der Waals surface area (Å²) in [5.74, 6) is 0.395. The van der Waals surface area contributed by atoms with Gasteiger partial charge in [-0.2, -0.15) is 0 Å². The van der Waals surface area contributed by atoms with Crippen molar-refractivity contribution in [1.82, 2.24) is 9.97 Å². The molecule has 1 aliphatic carbocycles. The molecule has 0 aliphatic heterocycles. The van der Waals surface area contributed by atoms with Crippen molar-refractivity contribution < 1.29 is 9.53 Å². The molecule has 2 unspecified atom stereocenters. The van der Waals surface area contributed by atoms with Crippen molar-refractivity contribution in [1.29, 1.82) is 0 Å². The van der Waals surface area contributed by atoms with Crippen LogP contribution in [0.15, 0.2) is 12.5 Å². The van der Waals surface area contributed by atoms with Crippen LogP contribution in [0.1, 0.15) is 44.7 Å². The Morgan fingerprint density at radius 1 is 1.63 bits per heavy atom. The van der Waals surface area contributed by atoms with Crippen molar-refractivity contribution in [3.63, 3.8) is 0 Å². The summed E-state index contributed by atoms with van der Waals surface area (Å²) >= 11 is 0. The van der Waals surface area contributed by atoms with Gasteiger partial charge in [0.25, 0.3) is 0 Å². The zero-order chi connectivity index (χ0) is 13.7. The normalized spacial score (nSPS) is 24.9. The molecule has 106 valence electrons. The molecule has 2 rings (SSSR count). The van der Waals surface area contributed by atoms with Gasteiger partial charge >= 0.3 is 5.97 Å². The molecule has 0 spiro atoms. The van der Waals surface area contributed by atoms with E-state index in [2.05, 4.69) is 16.9 Å². The zero-order valence-corrected chi connectivity index (χ0v) is 11.5. The van der Waals surface area contributed by atoms with E-state index in [1.807, 2.05) is 0 Å². The predicted octanol–water partition coefficient (Wildman–Crippen LogP) is 1.79. The van der Waals surface area contributed by atoms with Crippen LogP contribution in [-0.2, 0) is 16.0 Å². The second-order valence-electron chi connectivity index (χ2n) is 5.39. The van der Waals surface area contributed by atoms with Crippen LogP contribution in [0, 0.1) is 5.92 Å². The predicted molar refractivity (Wildman–Crippen MR) is 72.4 cm³/mol. The van der Waals surface area contributed by atoms with Gasteiger partial charge in [0.2, 0.25) is 0 Å².